The molecule has 0 aromatic heterocycles. The molecular weight excluding hydrogens is 350 g/mol. The van der Waals surface area contributed by atoms with E-state index in [2.05, 4.69) is 17.4 Å². The number of carbonyl (C=O) groups is 1. The van der Waals surface area contributed by atoms with Crippen LogP contribution in [0.15, 0.2) is 60.7 Å². The summed E-state index contributed by atoms with van der Waals surface area (Å²) >= 11 is 0. The van der Waals surface area contributed by atoms with E-state index >= 15 is 0 Å². The molecule has 0 radical (unpaired) electrons. The van der Waals surface area contributed by atoms with Crippen molar-refractivity contribution < 1.29 is 14.3 Å². The average Bonchev–Trinajstić information content (AvgIpc) is 3.25. The first-order valence-electron chi connectivity index (χ1n) is 9.83. The van der Waals surface area contributed by atoms with Crippen LogP contribution in [0.25, 0.3) is 10.8 Å². The lowest BCUT2D eigenvalue weighted by Gasteiger charge is -2.15. The molecule has 0 spiro atoms. The second-order valence-corrected chi connectivity index (χ2v) is 7.25. The van der Waals surface area contributed by atoms with Crippen LogP contribution in [0.5, 0.6) is 11.5 Å². The molecule has 144 valence electrons. The van der Waals surface area contributed by atoms with Crippen molar-refractivity contribution in [3.8, 4) is 11.5 Å². The van der Waals surface area contributed by atoms with Gasteiger partial charge in [0.1, 0.15) is 18.1 Å². The number of rotatable bonds is 6. The van der Waals surface area contributed by atoms with Gasteiger partial charge in [-0.3, -0.25) is 4.79 Å². The van der Waals surface area contributed by atoms with E-state index in [4.69, 9.17) is 9.47 Å². The molecule has 0 bridgehead atoms. The second kappa shape index (κ2) is 8.34. The SMILES string of the molecule is COc1ccc(C(=O)NC2CCCC2)cc1COc1cccc2ccccc12. The zero-order valence-corrected chi connectivity index (χ0v) is 16.1. The van der Waals surface area contributed by atoms with Gasteiger partial charge < -0.3 is 14.8 Å². The Hall–Kier alpha value is -3.01. The number of carbonyl (C=O) groups excluding carboxylic acids is 1. The van der Waals surface area contributed by atoms with Crippen LogP contribution < -0.4 is 14.8 Å². The maximum atomic E-state index is 12.6. The molecule has 1 amide bonds. The summed E-state index contributed by atoms with van der Waals surface area (Å²) in [5, 5.41) is 5.34. The first-order chi connectivity index (χ1) is 13.7. The fraction of sp³-hybridized carbons (Fsp3) is 0.292. The molecule has 4 heteroatoms. The van der Waals surface area contributed by atoms with Crippen LogP contribution >= 0.6 is 0 Å². The highest BCUT2D eigenvalue weighted by Gasteiger charge is 2.19. The van der Waals surface area contributed by atoms with Crippen molar-refractivity contribution >= 4 is 16.7 Å². The summed E-state index contributed by atoms with van der Waals surface area (Å²) in [5.41, 5.74) is 1.50. The first kappa shape index (κ1) is 18.4. The third kappa shape index (κ3) is 3.96. The Bertz CT molecular complexity index is 971. The normalized spacial score (nSPS) is 14.2. The van der Waals surface area contributed by atoms with Crippen LogP contribution in [0.1, 0.15) is 41.6 Å². The quantitative estimate of drug-likeness (QED) is 0.652. The van der Waals surface area contributed by atoms with E-state index in [-0.39, 0.29) is 5.91 Å². The van der Waals surface area contributed by atoms with E-state index in [1.54, 1.807) is 7.11 Å². The number of hydrogen-bond donors (Lipinski definition) is 1. The molecule has 0 heterocycles. The Balaban J connectivity index is 1.53. The fourth-order valence-electron chi connectivity index (χ4n) is 3.85. The highest BCUT2D eigenvalue weighted by Crippen LogP contribution is 2.28. The summed E-state index contributed by atoms with van der Waals surface area (Å²) in [6, 6.07) is 20.0. The lowest BCUT2D eigenvalue weighted by molar-refractivity contribution is 0.0937. The minimum absolute atomic E-state index is 0.0269. The Morgan fingerprint density at radius 3 is 2.61 bits per heavy atom. The van der Waals surface area contributed by atoms with Gasteiger partial charge in [0.2, 0.25) is 0 Å². The largest absolute Gasteiger partial charge is 0.496 e. The number of amides is 1. The highest BCUT2D eigenvalue weighted by atomic mass is 16.5. The lowest BCUT2D eigenvalue weighted by atomic mass is 10.1. The summed E-state index contributed by atoms with van der Waals surface area (Å²) in [4.78, 5) is 12.6. The van der Waals surface area contributed by atoms with E-state index in [1.165, 1.54) is 12.8 Å². The van der Waals surface area contributed by atoms with Crippen LogP contribution in [0.2, 0.25) is 0 Å². The van der Waals surface area contributed by atoms with Crippen LogP contribution in [0.4, 0.5) is 0 Å². The summed E-state index contributed by atoms with van der Waals surface area (Å²) in [6.07, 6.45) is 4.52. The Morgan fingerprint density at radius 1 is 1.00 bits per heavy atom. The van der Waals surface area contributed by atoms with Crippen molar-refractivity contribution in [3.63, 3.8) is 0 Å². The van der Waals surface area contributed by atoms with Gasteiger partial charge in [0.15, 0.2) is 0 Å². The van der Waals surface area contributed by atoms with Gasteiger partial charge >= 0.3 is 0 Å². The van der Waals surface area contributed by atoms with Crippen molar-refractivity contribution in [1.82, 2.24) is 5.32 Å². The Kier molecular flexibility index (Phi) is 5.47. The molecule has 1 aliphatic rings. The highest BCUT2D eigenvalue weighted by molar-refractivity contribution is 5.94. The third-order valence-corrected chi connectivity index (χ3v) is 5.37. The van der Waals surface area contributed by atoms with E-state index in [9.17, 15) is 4.79 Å². The van der Waals surface area contributed by atoms with E-state index < -0.39 is 0 Å². The zero-order valence-electron chi connectivity index (χ0n) is 16.1. The van der Waals surface area contributed by atoms with Gasteiger partial charge in [-0.15, -0.1) is 0 Å². The van der Waals surface area contributed by atoms with Gasteiger partial charge in [-0.25, -0.2) is 0 Å². The van der Waals surface area contributed by atoms with Crippen molar-refractivity contribution in [2.75, 3.05) is 7.11 Å². The molecule has 4 nitrogen and oxygen atoms in total. The summed E-state index contributed by atoms with van der Waals surface area (Å²) < 4.78 is 11.6. The Labute approximate surface area is 165 Å². The molecule has 0 aliphatic heterocycles. The molecule has 0 unspecified atom stereocenters. The maximum absolute atomic E-state index is 12.6. The van der Waals surface area contributed by atoms with Gasteiger partial charge in [0.25, 0.3) is 5.91 Å². The molecule has 28 heavy (non-hydrogen) atoms. The van der Waals surface area contributed by atoms with Crippen LogP contribution in [-0.2, 0) is 6.61 Å². The maximum Gasteiger partial charge on any atom is 0.251 e. The van der Waals surface area contributed by atoms with Crippen LogP contribution in [0.3, 0.4) is 0 Å². The fourth-order valence-corrected chi connectivity index (χ4v) is 3.85. The minimum Gasteiger partial charge on any atom is -0.496 e. The molecular formula is C24H25NO3. The Morgan fingerprint density at radius 2 is 1.79 bits per heavy atom. The summed E-state index contributed by atoms with van der Waals surface area (Å²) in [5.74, 6) is 1.51. The minimum atomic E-state index is -0.0269. The second-order valence-electron chi connectivity index (χ2n) is 7.25. The predicted molar refractivity (Wildman–Crippen MR) is 111 cm³/mol. The van der Waals surface area contributed by atoms with Gasteiger partial charge in [-0.1, -0.05) is 49.2 Å². The van der Waals surface area contributed by atoms with Gasteiger partial charge in [-0.2, -0.15) is 0 Å². The molecule has 0 atom stereocenters. The van der Waals surface area contributed by atoms with Gasteiger partial charge in [0.05, 0.1) is 7.11 Å². The molecule has 0 saturated heterocycles. The molecule has 1 N–H and O–H groups in total. The van der Waals surface area contributed by atoms with Crippen molar-refractivity contribution in [2.45, 2.75) is 38.3 Å². The van der Waals surface area contributed by atoms with Crippen LogP contribution in [0, 0.1) is 0 Å². The molecule has 1 fully saturated rings. The zero-order chi connectivity index (χ0) is 19.3. The lowest BCUT2D eigenvalue weighted by Crippen LogP contribution is -2.32. The molecule has 3 aromatic rings. The smallest absolute Gasteiger partial charge is 0.251 e. The van der Waals surface area contributed by atoms with Crippen molar-refractivity contribution in [2.24, 2.45) is 0 Å². The number of methoxy groups -OCH3 is 1. The number of ether oxygens (including phenoxy) is 2. The van der Waals surface area contributed by atoms with Crippen LogP contribution in [-0.4, -0.2) is 19.1 Å². The number of nitrogens with one attached hydrogen (secondary N) is 1. The molecule has 4 rings (SSSR count). The summed E-state index contributed by atoms with van der Waals surface area (Å²) in [7, 11) is 1.63. The number of fused-ring (bicyclic) bond motifs is 1. The van der Waals surface area contributed by atoms with E-state index in [0.29, 0.717) is 18.2 Å². The predicted octanol–water partition coefficient (Wildman–Crippen LogP) is 5.10. The average molecular weight is 375 g/mol. The van der Waals surface area contributed by atoms with E-state index in [0.717, 1.165) is 40.7 Å². The third-order valence-electron chi connectivity index (χ3n) is 5.37. The van der Waals surface area contributed by atoms with Gasteiger partial charge in [-0.05, 0) is 42.5 Å². The van der Waals surface area contributed by atoms with Crippen molar-refractivity contribution in [1.29, 1.82) is 0 Å². The molecule has 1 aliphatic carbocycles. The van der Waals surface area contributed by atoms with E-state index in [1.807, 2.05) is 48.5 Å². The monoisotopic (exact) mass is 375 g/mol. The summed E-state index contributed by atoms with van der Waals surface area (Å²) in [6.45, 7) is 0.335. The molecule has 3 aromatic carbocycles. The van der Waals surface area contributed by atoms with Crippen molar-refractivity contribution in [3.05, 3.63) is 71.8 Å². The molecule has 1 saturated carbocycles. The van der Waals surface area contributed by atoms with Gasteiger partial charge in [0, 0.05) is 22.6 Å². The topological polar surface area (TPSA) is 47.6 Å². The first-order valence-corrected chi connectivity index (χ1v) is 9.83. The number of benzene rings is 3. The standard InChI is InChI=1S/C24H25NO3/c1-27-22-14-13-18(24(26)25-20-9-3-4-10-20)15-19(22)16-28-23-12-6-8-17-7-2-5-11-21(17)23/h2,5-8,11-15,20H,3-4,9-10,16H2,1H3,(H,25,26). The number of hydrogen-bond acceptors (Lipinski definition) is 3.